The third-order valence-corrected chi connectivity index (χ3v) is 4.20. The second-order valence-electron chi connectivity index (χ2n) is 4.84. The zero-order chi connectivity index (χ0) is 15.2. The lowest BCUT2D eigenvalue weighted by Crippen LogP contribution is -2.37. The van der Waals surface area contributed by atoms with Crippen molar-refractivity contribution < 1.29 is 14.4 Å². The zero-order valence-corrected chi connectivity index (χ0v) is 12.2. The maximum atomic E-state index is 11.7. The topological polar surface area (TPSA) is 126 Å². The number of hydrogen-bond donors (Lipinski definition) is 3. The molecule has 1 saturated heterocycles. The number of amides is 4. The van der Waals surface area contributed by atoms with E-state index in [1.54, 1.807) is 0 Å². The van der Waals surface area contributed by atoms with Gasteiger partial charge in [-0.15, -0.1) is 5.10 Å². The predicted octanol–water partition coefficient (Wildman–Crippen LogP) is 0.479. The van der Waals surface area contributed by atoms with Crippen molar-refractivity contribution in [1.82, 2.24) is 10.6 Å². The van der Waals surface area contributed by atoms with E-state index in [0.717, 1.165) is 43.2 Å². The maximum Gasteiger partial charge on any atom is 0.318 e. The monoisotopic (exact) mass is 311 g/mol. The van der Waals surface area contributed by atoms with Crippen LogP contribution in [0, 0.1) is 0 Å². The van der Waals surface area contributed by atoms with E-state index in [2.05, 4.69) is 15.5 Å². The molecule has 0 aromatic rings. The number of carbonyl (C=O) groups excluding carboxylic acids is 3. The van der Waals surface area contributed by atoms with Crippen LogP contribution in [-0.4, -0.2) is 34.0 Å². The van der Waals surface area contributed by atoms with Gasteiger partial charge in [-0.1, -0.05) is 18.2 Å². The van der Waals surface area contributed by atoms with Crippen molar-refractivity contribution >= 4 is 40.5 Å². The minimum absolute atomic E-state index is 0.130. The van der Waals surface area contributed by atoms with E-state index in [1.165, 1.54) is 6.42 Å². The molecule has 1 heterocycles. The van der Waals surface area contributed by atoms with E-state index in [9.17, 15) is 14.4 Å². The summed E-state index contributed by atoms with van der Waals surface area (Å²) in [5.74, 6) is -0.905. The summed E-state index contributed by atoms with van der Waals surface area (Å²) in [6, 6.07) is -0.930. The molecular weight excluding hydrogens is 294 g/mol. The molecule has 2 aliphatic rings. The van der Waals surface area contributed by atoms with Crippen molar-refractivity contribution in [2.24, 2.45) is 15.9 Å². The standard InChI is InChI=1S/C12H17N5O3S/c13-11(20)14-9(18)6-8-10(19)15-12(21-8)17-16-7-4-2-1-3-5-7/h8H,1-6H2,(H,15,17,19)(H3,13,14,18,20)/t8-/m1/s1. The molecule has 0 aromatic carbocycles. The Bertz CT molecular complexity index is 509. The minimum atomic E-state index is -0.930. The van der Waals surface area contributed by atoms with Gasteiger partial charge >= 0.3 is 6.03 Å². The third-order valence-electron chi connectivity index (χ3n) is 3.12. The van der Waals surface area contributed by atoms with Crippen LogP contribution in [0.25, 0.3) is 0 Å². The Balaban J connectivity index is 1.89. The Labute approximate surface area is 126 Å². The van der Waals surface area contributed by atoms with Crippen LogP contribution in [0.4, 0.5) is 4.79 Å². The Kier molecular flexibility index (Phi) is 5.32. The third kappa shape index (κ3) is 4.85. The maximum absolute atomic E-state index is 11.7. The van der Waals surface area contributed by atoms with Crippen LogP contribution in [0.5, 0.6) is 0 Å². The molecule has 4 N–H and O–H groups in total. The average molecular weight is 311 g/mol. The Morgan fingerprint density at radius 2 is 2.00 bits per heavy atom. The highest BCUT2D eigenvalue weighted by atomic mass is 32.2. The lowest BCUT2D eigenvalue weighted by Gasteiger charge is -2.10. The van der Waals surface area contributed by atoms with Gasteiger partial charge < -0.3 is 11.1 Å². The molecule has 114 valence electrons. The van der Waals surface area contributed by atoms with E-state index in [1.807, 2.05) is 5.32 Å². The number of rotatable bonds is 3. The van der Waals surface area contributed by atoms with Crippen molar-refractivity contribution in [3.05, 3.63) is 0 Å². The fourth-order valence-corrected chi connectivity index (χ4v) is 3.04. The molecule has 1 aliphatic carbocycles. The van der Waals surface area contributed by atoms with Gasteiger partial charge in [0.05, 0.1) is 0 Å². The summed E-state index contributed by atoms with van der Waals surface area (Å²) in [5, 5.41) is 12.5. The van der Waals surface area contributed by atoms with Gasteiger partial charge in [0.1, 0.15) is 5.25 Å². The van der Waals surface area contributed by atoms with Gasteiger partial charge in [0.2, 0.25) is 11.8 Å². The summed E-state index contributed by atoms with van der Waals surface area (Å²) in [7, 11) is 0. The van der Waals surface area contributed by atoms with Crippen molar-refractivity contribution in [3.8, 4) is 0 Å². The van der Waals surface area contributed by atoms with E-state index >= 15 is 0 Å². The van der Waals surface area contributed by atoms with Gasteiger partial charge in [0, 0.05) is 12.1 Å². The predicted molar refractivity (Wildman–Crippen MR) is 79.8 cm³/mol. The molecule has 1 aliphatic heterocycles. The van der Waals surface area contributed by atoms with Gasteiger partial charge in [-0.2, -0.15) is 5.10 Å². The normalized spacial score (nSPS) is 23.8. The molecule has 0 spiro atoms. The van der Waals surface area contributed by atoms with Gasteiger partial charge in [-0.05, 0) is 25.7 Å². The molecule has 8 nitrogen and oxygen atoms in total. The summed E-state index contributed by atoms with van der Waals surface area (Å²) >= 11 is 1.13. The first kappa shape index (κ1) is 15.5. The molecule has 2 fully saturated rings. The zero-order valence-electron chi connectivity index (χ0n) is 11.4. The lowest BCUT2D eigenvalue weighted by atomic mass is 9.99. The molecule has 21 heavy (non-hydrogen) atoms. The Morgan fingerprint density at radius 3 is 2.67 bits per heavy atom. The number of imide groups is 1. The number of urea groups is 1. The molecule has 2 rings (SSSR count). The largest absolute Gasteiger partial charge is 0.351 e. The first-order valence-electron chi connectivity index (χ1n) is 6.75. The second kappa shape index (κ2) is 7.21. The van der Waals surface area contributed by atoms with E-state index < -0.39 is 17.2 Å². The number of amidine groups is 1. The first-order valence-corrected chi connectivity index (χ1v) is 7.63. The van der Waals surface area contributed by atoms with Crippen LogP contribution in [-0.2, 0) is 9.59 Å². The number of thioether (sulfide) groups is 1. The first-order chi connectivity index (χ1) is 10.0. The molecule has 1 atom stereocenters. The average Bonchev–Trinajstić information content (AvgIpc) is 2.77. The Morgan fingerprint density at radius 1 is 1.29 bits per heavy atom. The van der Waals surface area contributed by atoms with Crippen molar-refractivity contribution in [2.45, 2.75) is 43.8 Å². The molecular formula is C12H17N5O3S. The number of carbonyl (C=O) groups is 3. The highest BCUT2D eigenvalue weighted by Gasteiger charge is 2.32. The van der Waals surface area contributed by atoms with Gasteiger partial charge in [0.15, 0.2) is 5.17 Å². The van der Waals surface area contributed by atoms with Crippen LogP contribution >= 0.6 is 11.8 Å². The molecule has 0 unspecified atom stereocenters. The van der Waals surface area contributed by atoms with Crippen LogP contribution in [0.3, 0.4) is 0 Å². The molecule has 9 heteroatoms. The lowest BCUT2D eigenvalue weighted by molar-refractivity contribution is -0.124. The summed E-state index contributed by atoms with van der Waals surface area (Å²) in [5.41, 5.74) is 5.88. The molecule has 4 amide bonds. The van der Waals surface area contributed by atoms with Gasteiger partial charge in [-0.25, -0.2) is 4.79 Å². The van der Waals surface area contributed by atoms with Crippen LogP contribution in [0.15, 0.2) is 10.2 Å². The number of nitrogens with one attached hydrogen (secondary N) is 2. The smallest absolute Gasteiger partial charge is 0.318 e. The van der Waals surface area contributed by atoms with Crippen LogP contribution in [0.2, 0.25) is 0 Å². The highest BCUT2D eigenvalue weighted by molar-refractivity contribution is 8.15. The molecule has 1 saturated carbocycles. The van der Waals surface area contributed by atoms with Crippen LogP contribution < -0.4 is 16.4 Å². The summed E-state index contributed by atoms with van der Waals surface area (Å²) in [6.07, 6.45) is 5.23. The number of nitrogens with zero attached hydrogens (tertiary/aromatic N) is 2. The number of primary amides is 1. The number of nitrogens with two attached hydrogens (primary N) is 1. The summed E-state index contributed by atoms with van der Waals surface area (Å²) in [4.78, 5) is 33.6. The quantitative estimate of drug-likeness (QED) is 0.655. The van der Waals surface area contributed by atoms with E-state index in [-0.39, 0.29) is 12.3 Å². The summed E-state index contributed by atoms with van der Waals surface area (Å²) in [6.45, 7) is 0. The fraction of sp³-hybridized carbons (Fsp3) is 0.583. The van der Waals surface area contributed by atoms with Crippen LogP contribution in [0.1, 0.15) is 38.5 Å². The molecule has 0 radical (unpaired) electrons. The van der Waals surface area contributed by atoms with Gasteiger partial charge in [0.25, 0.3) is 0 Å². The van der Waals surface area contributed by atoms with Crippen molar-refractivity contribution in [1.29, 1.82) is 0 Å². The van der Waals surface area contributed by atoms with Gasteiger partial charge in [-0.3, -0.25) is 14.9 Å². The minimum Gasteiger partial charge on any atom is -0.351 e. The molecule has 0 aromatic heterocycles. The fourth-order valence-electron chi connectivity index (χ4n) is 2.12. The molecule has 0 bridgehead atoms. The highest BCUT2D eigenvalue weighted by Crippen LogP contribution is 2.23. The Hall–Kier alpha value is -1.90. The number of hydrogen-bond acceptors (Lipinski definition) is 6. The second-order valence-corrected chi connectivity index (χ2v) is 6.04. The van der Waals surface area contributed by atoms with Crippen molar-refractivity contribution in [3.63, 3.8) is 0 Å². The van der Waals surface area contributed by atoms with E-state index in [4.69, 9.17) is 5.73 Å². The van der Waals surface area contributed by atoms with Crippen molar-refractivity contribution in [2.75, 3.05) is 0 Å². The summed E-state index contributed by atoms with van der Waals surface area (Å²) < 4.78 is 0. The SMILES string of the molecule is NC(=O)NC(=O)C[C@H]1S/C(=N\N=C2CCCCC2)NC1=O. The van der Waals surface area contributed by atoms with E-state index in [0.29, 0.717) is 5.17 Å².